The van der Waals surface area contributed by atoms with E-state index in [4.69, 9.17) is 2.74 Å². The van der Waals surface area contributed by atoms with Crippen molar-refractivity contribution in [2.24, 2.45) is 5.92 Å². The Morgan fingerprint density at radius 1 is 1.41 bits per heavy atom. The number of hydrogen-bond donors (Lipinski definition) is 0. The van der Waals surface area contributed by atoms with Crippen LogP contribution in [0.15, 0.2) is 11.6 Å². The molecule has 0 aromatic heterocycles. The highest BCUT2D eigenvalue weighted by Gasteiger charge is 2.12. The zero-order valence-corrected chi connectivity index (χ0v) is 11.6. The van der Waals surface area contributed by atoms with Gasteiger partial charge in [0.2, 0.25) is 0 Å². The van der Waals surface area contributed by atoms with E-state index in [-0.39, 0.29) is 0 Å². The Hall–Kier alpha value is -0.350. The standard InChI is InChI=1S/C13H24O3S/c1-12(11-16-17(2,14)15)7-6-10-13-8-4-3-5-9-13/h7,13H,3-6,8-11H2,1-2H3/b12-7+/i11D2. The maximum Gasteiger partial charge on any atom is 0.264 e. The van der Waals surface area contributed by atoms with Crippen molar-refractivity contribution in [3.05, 3.63) is 11.6 Å². The first-order valence-corrected chi connectivity index (χ1v) is 8.10. The summed E-state index contributed by atoms with van der Waals surface area (Å²) in [5.74, 6) is 0.736. The summed E-state index contributed by atoms with van der Waals surface area (Å²) in [4.78, 5) is 0. The molecule has 0 bridgehead atoms. The predicted octanol–water partition coefficient (Wildman–Crippen LogP) is 3.27. The van der Waals surface area contributed by atoms with Gasteiger partial charge in [0.25, 0.3) is 10.1 Å². The van der Waals surface area contributed by atoms with Gasteiger partial charge in [0.15, 0.2) is 0 Å². The molecule has 0 unspecified atom stereocenters. The monoisotopic (exact) mass is 262 g/mol. The van der Waals surface area contributed by atoms with Gasteiger partial charge in [-0.15, -0.1) is 0 Å². The molecule has 0 atom stereocenters. The molecule has 0 N–H and O–H groups in total. The van der Waals surface area contributed by atoms with Crippen LogP contribution in [0, 0.1) is 5.92 Å². The van der Waals surface area contributed by atoms with Gasteiger partial charge in [-0.3, -0.25) is 4.18 Å². The summed E-state index contributed by atoms with van der Waals surface area (Å²) in [5.41, 5.74) is 0.328. The third-order valence-corrected chi connectivity index (χ3v) is 3.49. The maximum atomic E-state index is 11.0. The minimum absolute atomic E-state index is 0.328. The fourth-order valence-electron chi connectivity index (χ4n) is 2.19. The molecule has 0 saturated heterocycles. The van der Waals surface area contributed by atoms with E-state index >= 15 is 0 Å². The zero-order chi connectivity index (χ0) is 14.5. The highest BCUT2D eigenvalue weighted by molar-refractivity contribution is 7.85. The van der Waals surface area contributed by atoms with Crippen molar-refractivity contribution < 1.29 is 15.3 Å². The largest absolute Gasteiger partial charge is 0.266 e. The molecule has 3 nitrogen and oxygen atoms in total. The quantitative estimate of drug-likeness (QED) is 0.545. The van der Waals surface area contributed by atoms with Crippen LogP contribution in [0.25, 0.3) is 0 Å². The first kappa shape index (κ1) is 11.7. The summed E-state index contributed by atoms with van der Waals surface area (Å²) >= 11 is 0. The SMILES string of the molecule is [2H]C([2H])(OS(C)(=O)=O)/C(C)=C/CCC1CCCCC1. The van der Waals surface area contributed by atoms with Crippen molar-refractivity contribution in [2.45, 2.75) is 51.9 Å². The molecule has 0 aliphatic heterocycles. The Labute approximate surface area is 108 Å². The van der Waals surface area contributed by atoms with Gasteiger partial charge in [0, 0.05) is 0 Å². The van der Waals surface area contributed by atoms with Crippen LogP contribution in [0.2, 0.25) is 0 Å². The molecule has 0 spiro atoms. The molecule has 0 radical (unpaired) electrons. The van der Waals surface area contributed by atoms with E-state index in [9.17, 15) is 8.42 Å². The van der Waals surface area contributed by atoms with E-state index in [1.807, 2.05) is 0 Å². The van der Waals surface area contributed by atoms with Gasteiger partial charge >= 0.3 is 0 Å². The Morgan fingerprint density at radius 2 is 2.06 bits per heavy atom. The third kappa shape index (κ3) is 7.55. The van der Waals surface area contributed by atoms with Gasteiger partial charge in [-0.2, -0.15) is 8.42 Å². The Bertz CT molecular complexity index is 410. The molecule has 1 aliphatic rings. The van der Waals surface area contributed by atoms with Gasteiger partial charge in [-0.1, -0.05) is 43.8 Å². The molecular formula is C13H24O3S. The average molecular weight is 262 g/mol. The minimum atomic E-state index is -3.79. The highest BCUT2D eigenvalue weighted by atomic mass is 32.2. The van der Waals surface area contributed by atoms with Crippen LogP contribution < -0.4 is 0 Å². The van der Waals surface area contributed by atoms with Gasteiger partial charge < -0.3 is 0 Å². The Morgan fingerprint density at radius 3 is 2.65 bits per heavy atom. The lowest BCUT2D eigenvalue weighted by atomic mass is 9.86. The van der Waals surface area contributed by atoms with Crippen molar-refractivity contribution in [1.82, 2.24) is 0 Å². The van der Waals surface area contributed by atoms with Crippen molar-refractivity contribution in [3.8, 4) is 0 Å². The molecule has 0 amide bonds. The van der Waals surface area contributed by atoms with Crippen LogP contribution >= 0.6 is 0 Å². The van der Waals surface area contributed by atoms with Crippen LogP contribution in [0.3, 0.4) is 0 Å². The van der Waals surface area contributed by atoms with E-state index < -0.39 is 16.7 Å². The molecule has 1 rings (SSSR count). The molecular weight excluding hydrogens is 236 g/mol. The fourth-order valence-corrected chi connectivity index (χ4v) is 2.48. The van der Waals surface area contributed by atoms with Crippen LogP contribution in [0.4, 0.5) is 0 Å². The topological polar surface area (TPSA) is 43.4 Å². The number of allylic oxidation sites excluding steroid dienone is 1. The van der Waals surface area contributed by atoms with Gasteiger partial charge in [-0.05, 0) is 25.7 Å². The Kier molecular flexibility index (Phi) is 4.94. The molecule has 4 heteroatoms. The summed E-state index contributed by atoms with van der Waals surface area (Å²) in [6.45, 7) is -0.661. The van der Waals surface area contributed by atoms with Crippen LogP contribution in [0.5, 0.6) is 0 Å². The lowest BCUT2D eigenvalue weighted by molar-refractivity contribution is 0.338. The van der Waals surface area contributed by atoms with E-state index in [2.05, 4.69) is 4.18 Å². The second-order valence-corrected chi connectivity index (χ2v) is 6.43. The first-order valence-electron chi connectivity index (χ1n) is 7.28. The fraction of sp³-hybridized carbons (Fsp3) is 0.846. The van der Waals surface area contributed by atoms with Crippen molar-refractivity contribution in [3.63, 3.8) is 0 Å². The first-order chi connectivity index (χ1) is 8.71. The van der Waals surface area contributed by atoms with Crippen molar-refractivity contribution >= 4 is 10.1 Å². The van der Waals surface area contributed by atoms with E-state index in [1.54, 1.807) is 13.0 Å². The third-order valence-electron chi connectivity index (χ3n) is 3.10. The molecule has 100 valence electrons. The van der Waals surface area contributed by atoms with Crippen LogP contribution in [0.1, 0.15) is 54.6 Å². The molecule has 0 heterocycles. The molecule has 0 aromatic carbocycles. The number of hydrogen-bond acceptors (Lipinski definition) is 3. The lowest BCUT2D eigenvalue weighted by Crippen LogP contribution is -2.06. The van der Waals surface area contributed by atoms with Crippen LogP contribution in [-0.4, -0.2) is 21.2 Å². The molecule has 17 heavy (non-hydrogen) atoms. The second kappa shape index (κ2) is 7.17. The molecule has 1 saturated carbocycles. The summed E-state index contributed by atoms with van der Waals surface area (Å²) in [6.07, 6.45) is 10.9. The molecule has 1 aliphatic carbocycles. The maximum absolute atomic E-state index is 11.0. The van der Waals surface area contributed by atoms with Crippen molar-refractivity contribution in [2.75, 3.05) is 12.8 Å². The van der Waals surface area contributed by atoms with E-state index in [0.717, 1.165) is 25.0 Å². The Balaban J connectivity index is 2.46. The minimum Gasteiger partial charge on any atom is -0.266 e. The smallest absolute Gasteiger partial charge is 0.264 e. The van der Waals surface area contributed by atoms with Gasteiger partial charge in [-0.25, -0.2) is 0 Å². The van der Waals surface area contributed by atoms with Gasteiger partial charge in [0.05, 0.1) is 15.6 Å². The summed E-state index contributed by atoms with van der Waals surface area (Å²) in [6, 6.07) is 0. The zero-order valence-electron chi connectivity index (χ0n) is 12.7. The van der Waals surface area contributed by atoms with E-state index in [0.29, 0.717) is 5.57 Å². The summed E-state index contributed by atoms with van der Waals surface area (Å²) in [7, 11) is -3.79. The summed E-state index contributed by atoms with van der Waals surface area (Å²) < 4.78 is 41.6. The predicted molar refractivity (Wildman–Crippen MR) is 70.4 cm³/mol. The van der Waals surface area contributed by atoms with E-state index in [1.165, 1.54) is 32.1 Å². The van der Waals surface area contributed by atoms with Gasteiger partial charge in [0.1, 0.15) is 0 Å². The average Bonchev–Trinajstić information content (AvgIpc) is 2.27. The summed E-state index contributed by atoms with van der Waals surface area (Å²) in [5, 5.41) is 0. The molecule has 1 fully saturated rings. The van der Waals surface area contributed by atoms with Crippen molar-refractivity contribution in [1.29, 1.82) is 0 Å². The normalized spacial score (nSPS) is 22.1. The lowest BCUT2D eigenvalue weighted by Gasteiger charge is -2.20. The number of rotatable bonds is 6. The second-order valence-electron chi connectivity index (χ2n) is 4.86. The highest BCUT2D eigenvalue weighted by Crippen LogP contribution is 2.27. The molecule has 0 aromatic rings. The van der Waals surface area contributed by atoms with Crippen LogP contribution in [-0.2, 0) is 14.3 Å².